The van der Waals surface area contributed by atoms with Crippen molar-refractivity contribution in [3.63, 3.8) is 0 Å². The van der Waals surface area contributed by atoms with Gasteiger partial charge in [0.2, 0.25) is 11.8 Å². The minimum atomic E-state index is -3.51. The van der Waals surface area contributed by atoms with Gasteiger partial charge in [0.15, 0.2) is 0 Å². The van der Waals surface area contributed by atoms with Crippen LogP contribution in [0.4, 0.5) is 0 Å². The van der Waals surface area contributed by atoms with Crippen LogP contribution in [0.15, 0.2) is 17.5 Å². The van der Waals surface area contributed by atoms with Crippen LogP contribution in [0.1, 0.15) is 56.4 Å². The molecule has 30 heavy (non-hydrogen) atoms. The van der Waals surface area contributed by atoms with Gasteiger partial charge in [-0.2, -0.15) is 17.0 Å². The highest BCUT2D eigenvalue weighted by Crippen LogP contribution is 2.26. The third-order valence-electron chi connectivity index (χ3n) is 6.01. The van der Waals surface area contributed by atoms with Crippen LogP contribution in [0.2, 0.25) is 0 Å². The first-order chi connectivity index (χ1) is 14.3. The zero-order chi connectivity index (χ0) is 21.7. The van der Waals surface area contributed by atoms with Gasteiger partial charge in [-0.25, -0.2) is 0 Å². The first kappa shape index (κ1) is 23.2. The quantitative estimate of drug-likeness (QED) is 0.679. The molecule has 1 saturated heterocycles. The molecule has 1 saturated carbocycles. The van der Waals surface area contributed by atoms with Gasteiger partial charge < -0.3 is 10.2 Å². The molecule has 2 amide bonds. The van der Waals surface area contributed by atoms with Crippen LogP contribution in [0.5, 0.6) is 0 Å². The topological polar surface area (TPSA) is 90.0 Å². The lowest BCUT2D eigenvalue weighted by Gasteiger charge is -2.39. The van der Waals surface area contributed by atoms with Gasteiger partial charge >= 0.3 is 0 Å². The van der Waals surface area contributed by atoms with Gasteiger partial charge in [0.05, 0.1) is 12.5 Å². The van der Waals surface area contributed by atoms with E-state index < -0.39 is 10.2 Å². The van der Waals surface area contributed by atoms with Crippen LogP contribution in [-0.2, 0) is 19.8 Å². The number of thiophene rings is 1. The monoisotopic (exact) mass is 456 g/mol. The molecule has 0 aromatic carbocycles. The minimum absolute atomic E-state index is 0.0696. The van der Waals surface area contributed by atoms with E-state index >= 15 is 0 Å². The molecule has 3 rings (SSSR count). The molecule has 168 valence electrons. The summed E-state index contributed by atoms with van der Waals surface area (Å²) in [5, 5.41) is 4.77. The summed E-state index contributed by atoms with van der Waals surface area (Å²) in [7, 11) is -1.83. The molecule has 2 aliphatic rings. The van der Waals surface area contributed by atoms with Crippen LogP contribution in [0.3, 0.4) is 0 Å². The van der Waals surface area contributed by atoms with E-state index in [0.717, 1.165) is 30.6 Å². The largest absolute Gasteiger partial charge is 0.348 e. The van der Waals surface area contributed by atoms with Gasteiger partial charge in [-0.05, 0) is 24.3 Å². The maximum Gasteiger partial charge on any atom is 0.282 e. The van der Waals surface area contributed by atoms with Crippen molar-refractivity contribution in [2.75, 3.05) is 33.2 Å². The number of carbonyl (C=O) groups excluding carboxylic acids is 2. The summed E-state index contributed by atoms with van der Waals surface area (Å²) in [5.74, 6) is -0.248. The highest BCUT2D eigenvalue weighted by atomic mass is 32.2. The van der Waals surface area contributed by atoms with Crippen molar-refractivity contribution in [3.8, 4) is 0 Å². The number of nitrogens with one attached hydrogen (secondary N) is 1. The van der Waals surface area contributed by atoms with Gasteiger partial charge in [0, 0.05) is 51.1 Å². The number of carbonyl (C=O) groups is 2. The van der Waals surface area contributed by atoms with Crippen molar-refractivity contribution in [3.05, 3.63) is 22.4 Å². The molecule has 1 atom stereocenters. The van der Waals surface area contributed by atoms with Gasteiger partial charge in [-0.3, -0.25) is 9.59 Å². The van der Waals surface area contributed by atoms with Crippen molar-refractivity contribution in [1.29, 1.82) is 0 Å². The first-order valence-corrected chi connectivity index (χ1v) is 12.9. The lowest BCUT2D eigenvalue weighted by Crippen LogP contribution is -2.55. The first-order valence-electron chi connectivity index (χ1n) is 10.6. The lowest BCUT2D eigenvalue weighted by atomic mass is 9.96. The van der Waals surface area contributed by atoms with Crippen molar-refractivity contribution in [1.82, 2.24) is 18.8 Å². The van der Waals surface area contributed by atoms with E-state index in [1.807, 2.05) is 17.5 Å². The summed E-state index contributed by atoms with van der Waals surface area (Å²) in [6.45, 7) is 2.78. The van der Waals surface area contributed by atoms with Crippen molar-refractivity contribution >= 4 is 33.4 Å². The molecule has 1 aliphatic carbocycles. The lowest BCUT2D eigenvalue weighted by molar-refractivity contribution is -0.133. The van der Waals surface area contributed by atoms with E-state index in [1.54, 1.807) is 11.9 Å². The fourth-order valence-corrected chi connectivity index (χ4v) is 6.60. The van der Waals surface area contributed by atoms with Gasteiger partial charge in [-0.15, -0.1) is 11.3 Å². The Labute approximate surface area is 183 Å². The van der Waals surface area contributed by atoms with Crippen LogP contribution >= 0.6 is 11.3 Å². The van der Waals surface area contributed by atoms with E-state index in [0.29, 0.717) is 26.2 Å². The molecule has 8 nitrogen and oxygen atoms in total. The fourth-order valence-electron chi connectivity index (χ4n) is 4.24. The van der Waals surface area contributed by atoms with Crippen LogP contribution in [-0.4, -0.2) is 73.0 Å². The van der Waals surface area contributed by atoms with Gasteiger partial charge in [0.1, 0.15) is 0 Å². The molecule has 1 unspecified atom stereocenters. The summed E-state index contributed by atoms with van der Waals surface area (Å²) in [6.07, 6.45) is 5.34. The zero-order valence-electron chi connectivity index (χ0n) is 17.7. The molecule has 0 spiro atoms. The molecule has 0 radical (unpaired) electrons. The Morgan fingerprint density at radius 2 is 1.87 bits per heavy atom. The summed E-state index contributed by atoms with van der Waals surface area (Å²) < 4.78 is 29.1. The molecular formula is C20H32N4O4S2. The molecule has 2 fully saturated rings. The second-order valence-corrected chi connectivity index (χ2v) is 11.0. The maximum atomic E-state index is 13.0. The average Bonchev–Trinajstić information content (AvgIpc) is 3.28. The van der Waals surface area contributed by atoms with E-state index in [-0.39, 0.29) is 30.3 Å². The number of hydrogen-bond acceptors (Lipinski definition) is 5. The van der Waals surface area contributed by atoms with Gasteiger partial charge in [-0.1, -0.05) is 25.3 Å². The van der Waals surface area contributed by atoms with Gasteiger partial charge in [0.25, 0.3) is 10.2 Å². The Bertz CT molecular complexity index is 814. The third-order valence-corrected chi connectivity index (χ3v) is 9.04. The predicted octanol–water partition coefficient (Wildman–Crippen LogP) is 1.97. The maximum absolute atomic E-state index is 13.0. The summed E-state index contributed by atoms with van der Waals surface area (Å²) in [4.78, 5) is 27.0. The molecule has 10 heteroatoms. The molecule has 2 heterocycles. The van der Waals surface area contributed by atoms with E-state index in [4.69, 9.17) is 0 Å². The Kier molecular flexibility index (Phi) is 7.89. The predicted molar refractivity (Wildman–Crippen MR) is 117 cm³/mol. The Morgan fingerprint density at radius 1 is 1.20 bits per heavy atom. The van der Waals surface area contributed by atoms with E-state index in [9.17, 15) is 18.0 Å². The number of amides is 2. The molecule has 1 N–H and O–H groups in total. The van der Waals surface area contributed by atoms with E-state index in [2.05, 4.69) is 5.32 Å². The number of nitrogens with zero attached hydrogens (tertiary/aromatic N) is 3. The highest BCUT2D eigenvalue weighted by molar-refractivity contribution is 7.86. The van der Waals surface area contributed by atoms with Crippen LogP contribution in [0, 0.1) is 0 Å². The molecule has 1 aliphatic heterocycles. The number of hydrogen-bond donors (Lipinski definition) is 1. The van der Waals surface area contributed by atoms with Crippen molar-refractivity contribution < 1.29 is 18.0 Å². The smallest absolute Gasteiger partial charge is 0.282 e. The second kappa shape index (κ2) is 10.2. The summed E-state index contributed by atoms with van der Waals surface area (Å²) in [6, 6.07) is 3.53. The molecule has 1 aromatic heterocycles. The zero-order valence-corrected chi connectivity index (χ0v) is 19.4. The number of rotatable bonds is 7. The number of piperazine rings is 1. The SMILES string of the molecule is CC(=O)NC(CC(=O)N1CCN(S(=O)(=O)N(C)C2CCCCC2)CC1)c1cccs1. The minimum Gasteiger partial charge on any atom is -0.348 e. The average molecular weight is 457 g/mol. The molecular weight excluding hydrogens is 424 g/mol. The standard InChI is InChI=1S/C20H32N4O4S2/c1-16(25)21-18(19-9-6-14-29-19)15-20(26)23-10-12-24(13-11-23)30(27,28)22(2)17-7-4-3-5-8-17/h6,9,14,17-18H,3-5,7-8,10-13,15H2,1-2H3,(H,21,25). The fraction of sp³-hybridized carbons (Fsp3) is 0.700. The molecule has 0 bridgehead atoms. The van der Waals surface area contributed by atoms with E-state index in [1.165, 1.54) is 33.3 Å². The van der Waals surface area contributed by atoms with Crippen LogP contribution < -0.4 is 5.32 Å². The normalized spacial score (nSPS) is 20.3. The Morgan fingerprint density at radius 3 is 2.43 bits per heavy atom. The van der Waals surface area contributed by atoms with Crippen molar-refractivity contribution in [2.24, 2.45) is 0 Å². The Hall–Kier alpha value is -1.49. The third kappa shape index (κ3) is 5.60. The second-order valence-electron chi connectivity index (χ2n) is 8.07. The summed E-state index contributed by atoms with van der Waals surface area (Å²) in [5.41, 5.74) is 0. The summed E-state index contributed by atoms with van der Waals surface area (Å²) >= 11 is 1.50. The molecule has 1 aromatic rings. The van der Waals surface area contributed by atoms with Crippen molar-refractivity contribution in [2.45, 2.75) is 57.5 Å². The highest BCUT2D eigenvalue weighted by Gasteiger charge is 2.35. The Balaban J connectivity index is 1.56. The van der Waals surface area contributed by atoms with Crippen LogP contribution in [0.25, 0.3) is 0 Å².